The number of hydrogen-bond donors (Lipinski definition) is 1. The molecule has 2 heterocycles. The zero-order valence-electron chi connectivity index (χ0n) is 14.6. The summed E-state index contributed by atoms with van der Waals surface area (Å²) in [5.74, 6) is -1.45. The maximum absolute atomic E-state index is 12.8. The highest BCUT2D eigenvalue weighted by Gasteiger charge is 2.34. The van der Waals surface area contributed by atoms with Gasteiger partial charge in [-0.2, -0.15) is 0 Å². The van der Waals surface area contributed by atoms with E-state index in [0.717, 1.165) is 11.3 Å². The Balaban J connectivity index is 1.81. The maximum Gasteiger partial charge on any atom is 0.306 e. The number of carbonyl (C=O) groups excluding carboxylic acids is 1. The number of piperidine rings is 1. The summed E-state index contributed by atoms with van der Waals surface area (Å²) in [4.78, 5) is 25.7. The van der Waals surface area contributed by atoms with Gasteiger partial charge in [0.05, 0.1) is 17.3 Å². The predicted molar refractivity (Wildman–Crippen MR) is 91.6 cm³/mol. The monoisotopic (exact) mass is 342 g/mol. The molecule has 1 amide bonds. The van der Waals surface area contributed by atoms with Gasteiger partial charge < -0.3 is 10.0 Å². The first-order chi connectivity index (χ1) is 11.9. The molecule has 1 fully saturated rings. The Morgan fingerprint density at radius 1 is 1.28 bits per heavy atom. The van der Waals surface area contributed by atoms with E-state index in [9.17, 15) is 14.7 Å². The smallest absolute Gasteiger partial charge is 0.306 e. The summed E-state index contributed by atoms with van der Waals surface area (Å²) < 4.78 is 1.66. The number of carboxylic acids is 1. The molecular weight excluding hydrogens is 320 g/mol. The number of hydrogen-bond acceptors (Lipinski definition) is 4. The van der Waals surface area contributed by atoms with Crippen molar-refractivity contribution in [2.75, 3.05) is 13.1 Å². The molecule has 25 heavy (non-hydrogen) atoms. The second kappa shape index (κ2) is 6.66. The molecule has 1 saturated heterocycles. The number of benzene rings is 1. The first kappa shape index (κ1) is 17.1. The quantitative estimate of drug-likeness (QED) is 0.922. The van der Waals surface area contributed by atoms with Crippen molar-refractivity contribution in [1.29, 1.82) is 0 Å². The van der Waals surface area contributed by atoms with Gasteiger partial charge in [0.15, 0.2) is 5.69 Å². The zero-order chi connectivity index (χ0) is 18.1. The topological polar surface area (TPSA) is 88.3 Å². The lowest BCUT2D eigenvalue weighted by Gasteiger charge is -2.34. The molecule has 1 aliphatic rings. The predicted octanol–water partition coefficient (Wildman–Crippen LogP) is 2.07. The van der Waals surface area contributed by atoms with Crippen LogP contribution < -0.4 is 0 Å². The highest BCUT2D eigenvalue weighted by atomic mass is 16.4. The standard InChI is InChI=1S/C18H22N4O3/c1-11-5-4-6-14(9-11)22-13(3)16(19-20-22)17(23)21-8-7-15(18(24)25)12(2)10-21/h4-6,9,12,15H,7-8,10H2,1-3H3,(H,24,25). The molecule has 2 atom stereocenters. The zero-order valence-corrected chi connectivity index (χ0v) is 14.6. The van der Waals surface area contributed by atoms with Crippen molar-refractivity contribution in [2.24, 2.45) is 11.8 Å². The number of aliphatic carboxylic acids is 1. The minimum Gasteiger partial charge on any atom is -0.481 e. The van der Waals surface area contributed by atoms with Crippen LogP contribution in [0.4, 0.5) is 0 Å². The summed E-state index contributed by atoms with van der Waals surface area (Å²) in [6.45, 7) is 6.54. The fourth-order valence-corrected chi connectivity index (χ4v) is 3.38. The Morgan fingerprint density at radius 3 is 2.68 bits per heavy atom. The summed E-state index contributed by atoms with van der Waals surface area (Å²) >= 11 is 0. The van der Waals surface area contributed by atoms with E-state index in [1.807, 2.05) is 45.0 Å². The SMILES string of the molecule is Cc1cccc(-n2nnc(C(=O)N3CCC(C(=O)O)C(C)C3)c2C)c1. The van der Waals surface area contributed by atoms with Crippen LogP contribution in [-0.2, 0) is 4.79 Å². The van der Waals surface area contributed by atoms with Crippen LogP contribution >= 0.6 is 0 Å². The molecule has 0 bridgehead atoms. The molecule has 1 aliphatic heterocycles. The number of aromatic nitrogens is 3. The number of carbonyl (C=O) groups is 2. The second-order valence-corrected chi connectivity index (χ2v) is 6.74. The van der Waals surface area contributed by atoms with Gasteiger partial charge in [0.25, 0.3) is 5.91 Å². The Hall–Kier alpha value is -2.70. The van der Waals surface area contributed by atoms with E-state index >= 15 is 0 Å². The van der Waals surface area contributed by atoms with E-state index in [-0.39, 0.29) is 11.8 Å². The maximum atomic E-state index is 12.8. The van der Waals surface area contributed by atoms with E-state index in [1.165, 1.54) is 0 Å². The molecule has 7 heteroatoms. The van der Waals surface area contributed by atoms with E-state index in [0.29, 0.717) is 30.9 Å². The largest absolute Gasteiger partial charge is 0.481 e. The van der Waals surface area contributed by atoms with Crippen LogP contribution in [0.2, 0.25) is 0 Å². The molecule has 132 valence electrons. The van der Waals surface area contributed by atoms with Gasteiger partial charge in [0.2, 0.25) is 0 Å². The number of rotatable bonds is 3. The third kappa shape index (κ3) is 3.26. The van der Waals surface area contributed by atoms with Gasteiger partial charge in [-0.15, -0.1) is 5.10 Å². The molecule has 2 aromatic rings. The number of amides is 1. The van der Waals surface area contributed by atoms with Crippen molar-refractivity contribution in [3.05, 3.63) is 41.2 Å². The average Bonchev–Trinajstić information content (AvgIpc) is 2.95. The van der Waals surface area contributed by atoms with Crippen LogP contribution in [0, 0.1) is 25.7 Å². The third-order valence-electron chi connectivity index (χ3n) is 4.85. The van der Waals surface area contributed by atoms with E-state index in [2.05, 4.69) is 10.3 Å². The van der Waals surface area contributed by atoms with Crippen LogP contribution in [0.15, 0.2) is 24.3 Å². The van der Waals surface area contributed by atoms with E-state index in [1.54, 1.807) is 9.58 Å². The van der Waals surface area contributed by atoms with Crippen molar-refractivity contribution in [3.63, 3.8) is 0 Å². The number of carboxylic acid groups (broad SMARTS) is 1. The van der Waals surface area contributed by atoms with Gasteiger partial charge in [-0.05, 0) is 43.9 Å². The van der Waals surface area contributed by atoms with Gasteiger partial charge in [-0.3, -0.25) is 9.59 Å². The molecule has 1 aromatic carbocycles. The van der Waals surface area contributed by atoms with Crippen molar-refractivity contribution in [2.45, 2.75) is 27.2 Å². The number of nitrogens with zero attached hydrogens (tertiary/aromatic N) is 4. The molecule has 0 spiro atoms. The van der Waals surface area contributed by atoms with Crippen molar-refractivity contribution in [1.82, 2.24) is 19.9 Å². The third-order valence-corrected chi connectivity index (χ3v) is 4.85. The first-order valence-corrected chi connectivity index (χ1v) is 8.40. The van der Waals surface area contributed by atoms with Gasteiger partial charge in [-0.25, -0.2) is 4.68 Å². The second-order valence-electron chi connectivity index (χ2n) is 6.74. The lowest BCUT2D eigenvalue weighted by Crippen LogP contribution is -2.45. The Labute approximate surface area is 146 Å². The van der Waals surface area contributed by atoms with Gasteiger partial charge in [0.1, 0.15) is 0 Å². The number of likely N-dealkylation sites (tertiary alicyclic amines) is 1. The van der Waals surface area contributed by atoms with Crippen molar-refractivity contribution in [3.8, 4) is 5.69 Å². The molecule has 1 N–H and O–H groups in total. The minimum absolute atomic E-state index is 0.0812. The van der Waals surface area contributed by atoms with E-state index < -0.39 is 11.9 Å². The van der Waals surface area contributed by atoms with Crippen LogP contribution in [0.5, 0.6) is 0 Å². The van der Waals surface area contributed by atoms with Crippen LogP contribution in [-0.4, -0.2) is 50.0 Å². The number of aryl methyl sites for hydroxylation is 1. The molecule has 0 aliphatic carbocycles. The Morgan fingerprint density at radius 2 is 2.04 bits per heavy atom. The fourth-order valence-electron chi connectivity index (χ4n) is 3.38. The van der Waals surface area contributed by atoms with Gasteiger partial charge in [0, 0.05) is 13.1 Å². The summed E-state index contributed by atoms with van der Waals surface area (Å²) in [6, 6.07) is 7.83. The van der Waals surface area contributed by atoms with Gasteiger partial charge in [-0.1, -0.05) is 24.3 Å². The highest BCUT2D eigenvalue weighted by molar-refractivity contribution is 5.93. The molecule has 2 unspecified atom stereocenters. The summed E-state index contributed by atoms with van der Waals surface area (Å²) in [6.07, 6.45) is 0.466. The minimum atomic E-state index is -0.791. The van der Waals surface area contributed by atoms with Gasteiger partial charge >= 0.3 is 5.97 Å². The summed E-state index contributed by atoms with van der Waals surface area (Å²) in [7, 11) is 0. The van der Waals surface area contributed by atoms with Crippen LogP contribution in [0.25, 0.3) is 5.69 Å². The molecule has 1 aromatic heterocycles. The fraction of sp³-hybridized carbons (Fsp3) is 0.444. The van der Waals surface area contributed by atoms with Crippen molar-refractivity contribution >= 4 is 11.9 Å². The molecule has 7 nitrogen and oxygen atoms in total. The summed E-state index contributed by atoms with van der Waals surface area (Å²) in [5, 5.41) is 17.4. The molecule has 0 saturated carbocycles. The normalized spacial score (nSPS) is 20.5. The molecular formula is C18H22N4O3. The first-order valence-electron chi connectivity index (χ1n) is 8.40. The highest BCUT2D eigenvalue weighted by Crippen LogP contribution is 2.25. The molecule has 0 radical (unpaired) electrons. The summed E-state index contributed by atoms with van der Waals surface area (Å²) in [5.41, 5.74) is 2.97. The van der Waals surface area contributed by atoms with Crippen LogP contribution in [0.1, 0.15) is 35.1 Å². The average molecular weight is 342 g/mol. The Bertz CT molecular complexity index is 814. The lowest BCUT2D eigenvalue weighted by molar-refractivity contribution is -0.145. The molecule has 3 rings (SSSR count). The van der Waals surface area contributed by atoms with E-state index in [4.69, 9.17) is 0 Å². The van der Waals surface area contributed by atoms with Crippen LogP contribution in [0.3, 0.4) is 0 Å². The lowest BCUT2D eigenvalue weighted by atomic mass is 9.87. The van der Waals surface area contributed by atoms with Crippen molar-refractivity contribution < 1.29 is 14.7 Å². The Kier molecular flexibility index (Phi) is 4.57.